The summed E-state index contributed by atoms with van der Waals surface area (Å²) >= 11 is 0. The third-order valence-electron chi connectivity index (χ3n) is 6.49. The summed E-state index contributed by atoms with van der Waals surface area (Å²) in [4.78, 5) is 21.9. The first kappa shape index (κ1) is 37.4. The van der Waals surface area contributed by atoms with E-state index in [-0.39, 0.29) is 39.3 Å². The number of nitrogens with zero attached hydrogens (tertiary/aromatic N) is 2. The number of ether oxygens (including phenoxy) is 1. The van der Waals surface area contributed by atoms with E-state index in [1.807, 2.05) is 39.8 Å². The van der Waals surface area contributed by atoms with Crippen LogP contribution in [0.2, 0.25) is 0 Å². The van der Waals surface area contributed by atoms with Crippen molar-refractivity contribution in [3.05, 3.63) is 89.5 Å². The highest BCUT2D eigenvalue weighted by Crippen LogP contribution is 2.21. The Morgan fingerprint density at radius 1 is 0.667 bits per heavy atom. The Hall–Kier alpha value is -3.78. The maximum atomic E-state index is 12.7. The van der Waals surface area contributed by atoms with Crippen LogP contribution < -0.4 is 4.74 Å². The van der Waals surface area contributed by atoms with Crippen molar-refractivity contribution < 1.29 is 41.4 Å². The third kappa shape index (κ3) is 10.7. The number of rotatable bonds is 14. The second-order valence-corrected chi connectivity index (χ2v) is 14.9. The lowest BCUT2D eigenvalue weighted by Gasteiger charge is -2.25. The molecule has 3 aromatic carbocycles. The van der Waals surface area contributed by atoms with Gasteiger partial charge in [-0.3, -0.25) is 0 Å². The van der Waals surface area contributed by atoms with Crippen molar-refractivity contribution >= 4 is 32.0 Å². The van der Waals surface area contributed by atoms with E-state index in [0.717, 1.165) is 5.56 Å². The van der Waals surface area contributed by atoms with Gasteiger partial charge in [0.15, 0.2) is 0 Å². The second-order valence-electron chi connectivity index (χ2n) is 11.0. The second kappa shape index (κ2) is 16.5. The van der Waals surface area contributed by atoms with Crippen LogP contribution in [0.25, 0.3) is 0 Å². The Balaban J connectivity index is 0.000000317. The number of aromatic carboxylic acids is 2. The fraction of sp³-hybridized carbons (Fsp3) is 0.375. The molecule has 0 aliphatic heterocycles. The highest BCUT2D eigenvalue weighted by atomic mass is 32.2. The number of sulfonamides is 2. The number of methoxy groups -OCH3 is 1. The summed E-state index contributed by atoms with van der Waals surface area (Å²) < 4.78 is 58.7. The molecule has 0 atom stereocenters. The van der Waals surface area contributed by atoms with Crippen LogP contribution in [0, 0.1) is 11.8 Å². The van der Waals surface area contributed by atoms with Gasteiger partial charge in [-0.2, -0.15) is 8.61 Å². The number of benzene rings is 3. The number of carbonyl (C=O) groups is 2. The molecule has 0 radical (unpaired) electrons. The normalized spacial score (nSPS) is 11.9. The molecule has 3 rings (SSSR count). The van der Waals surface area contributed by atoms with E-state index in [1.165, 1.54) is 57.1 Å². The summed E-state index contributed by atoms with van der Waals surface area (Å²) in [5, 5.41) is 17.8. The molecule has 0 aliphatic carbocycles. The van der Waals surface area contributed by atoms with Gasteiger partial charge in [0.25, 0.3) is 0 Å². The Labute approximate surface area is 266 Å². The molecular weight excluding hydrogens is 620 g/mol. The third-order valence-corrected chi connectivity index (χ3v) is 10.3. The molecule has 0 aromatic heterocycles. The first-order valence-corrected chi connectivity index (χ1v) is 17.2. The quantitative estimate of drug-likeness (QED) is 0.234. The average molecular weight is 663 g/mol. The highest BCUT2D eigenvalue weighted by molar-refractivity contribution is 7.89. The van der Waals surface area contributed by atoms with Gasteiger partial charge in [0.05, 0.1) is 28.0 Å². The van der Waals surface area contributed by atoms with E-state index in [1.54, 1.807) is 26.2 Å². The topological polar surface area (TPSA) is 159 Å². The van der Waals surface area contributed by atoms with Crippen LogP contribution >= 0.6 is 0 Å². The summed E-state index contributed by atoms with van der Waals surface area (Å²) in [6.45, 7) is 11.0. The zero-order valence-electron chi connectivity index (χ0n) is 26.4. The average Bonchev–Trinajstić information content (AvgIpc) is 2.99. The summed E-state index contributed by atoms with van der Waals surface area (Å²) in [6.07, 6.45) is 0. The molecule has 246 valence electrons. The van der Waals surface area contributed by atoms with Crippen molar-refractivity contribution in [2.75, 3.05) is 26.7 Å². The summed E-state index contributed by atoms with van der Waals surface area (Å²) in [5.41, 5.74) is 0.962. The molecule has 0 bridgehead atoms. The van der Waals surface area contributed by atoms with Gasteiger partial charge < -0.3 is 14.9 Å². The number of hydrogen-bond donors (Lipinski definition) is 2. The van der Waals surface area contributed by atoms with Crippen molar-refractivity contribution in [2.45, 2.75) is 51.0 Å². The zero-order valence-corrected chi connectivity index (χ0v) is 28.0. The van der Waals surface area contributed by atoms with Crippen LogP contribution in [0.4, 0.5) is 0 Å². The van der Waals surface area contributed by atoms with Crippen LogP contribution in [0.1, 0.15) is 60.9 Å². The van der Waals surface area contributed by atoms with Crippen LogP contribution in [0.5, 0.6) is 5.75 Å². The minimum Gasteiger partial charge on any atom is -0.497 e. The van der Waals surface area contributed by atoms with Gasteiger partial charge in [-0.05, 0) is 78.1 Å². The fourth-order valence-corrected chi connectivity index (χ4v) is 7.43. The first-order valence-electron chi connectivity index (χ1n) is 14.3. The van der Waals surface area contributed by atoms with Gasteiger partial charge in [-0.1, -0.05) is 46.8 Å². The highest BCUT2D eigenvalue weighted by Gasteiger charge is 2.26. The van der Waals surface area contributed by atoms with Gasteiger partial charge >= 0.3 is 11.9 Å². The maximum absolute atomic E-state index is 12.7. The van der Waals surface area contributed by atoms with Crippen molar-refractivity contribution in [2.24, 2.45) is 11.8 Å². The molecule has 3 aromatic rings. The minimum absolute atomic E-state index is 0.0483. The molecule has 0 saturated heterocycles. The summed E-state index contributed by atoms with van der Waals surface area (Å²) in [6, 6.07) is 17.7. The van der Waals surface area contributed by atoms with Crippen molar-refractivity contribution in [1.82, 2.24) is 8.61 Å². The lowest BCUT2D eigenvalue weighted by molar-refractivity contribution is 0.0686. The van der Waals surface area contributed by atoms with Crippen LogP contribution in [-0.2, 0) is 26.6 Å². The molecule has 2 N–H and O–H groups in total. The fourth-order valence-electron chi connectivity index (χ4n) is 4.22. The zero-order chi connectivity index (χ0) is 33.9. The van der Waals surface area contributed by atoms with Gasteiger partial charge in [-0.15, -0.1) is 0 Å². The van der Waals surface area contributed by atoms with Gasteiger partial charge in [-0.25, -0.2) is 26.4 Å². The molecule has 0 spiro atoms. The molecule has 0 saturated carbocycles. The van der Waals surface area contributed by atoms with Crippen LogP contribution in [-0.4, -0.2) is 74.3 Å². The van der Waals surface area contributed by atoms with Crippen molar-refractivity contribution in [1.29, 1.82) is 0 Å². The smallest absolute Gasteiger partial charge is 0.335 e. The molecule has 45 heavy (non-hydrogen) atoms. The molecule has 0 heterocycles. The molecule has 0 amide bonds. The first-order chi connectivity index (χ1) is 21.0. The molecule has 11 nitrogen and oxygen atoms in total. The predicted octanol–water partition coefficient (Wildman–Crippen LogP) is 5.29. The predicted molar refractivity (Wildman–Crippen MR) is 172 cm³/mol. The Morgan fingerprint density at radius 3 is 1.36 bits per heavy atom. The van der Waals surface area contributed by atoms with Gasteiger partial charge in [0.2, 0.25) is 20.0 Å². The molecular formula is C32H42N2O9S2. The maximum Gasteiger partial charge on any atom is 0.335 e. The van der Waals surface area contributed by atoms with E-state index >= 15 is 0 Å². The monoisotopic (exact) mass is 662 g/mol. The molecule has 0 fully saturated rings. The Kier molecular flexibility index (Phi) is 13.7. The van der Waals surface area contributed by atoms with E-state index in [9.17, 15) is 26.4 Å². The molecule has 13 heteroatoms. The van der Waals surface area contributed by atoms with Crippen molar-refractivity contribution in [3.8, 4) is 5.75 Å². The van der Waals surface area contributed by atoms with Gasteiger partial charge in [0, 0.05) is 26.2 Å². The summed E-state index contributed by atoms with van der Waals surface area (Å²) in [7, 11) is -5.72. The number of carboxylic acids is 2. The Bertz CT molecular complexity index is 1610. The lowest BCUT2D eigenvalue weighted by atomic mass is 10.2. The van der Waals surface area contributed by atoms with Crippen molar-refractivity contribution in [3.63, 3.8) is 0 Å². The lowest BCUT2D eigenvalue weighted by Crippen LogP contribution is -2.37. The van der Waals surface area contributed by atoms with Crippen LogP contribution in [0.3, 0.4) is 0 Å². The Morgan fingerprint density at radius 2 is 1.04 bits per heavy atom. The van der Waals surface area contributed by atoms with Gasteiger partial charge in [0.1, 0.15) is 5.75 Å². The van der Waals surface area contributed by atoms with E-state index < -0.39 is 32.0 Å². The number of hydrogen-bond acceptors (Lipinski definition) is 7. The van der Waals surface area contributed by atoms with E-state index in [4.69, 9.17) is 14.9 Å². The minimum atomic E-state index is -3.70. The van der Waals surface area contributed by atoms with E-state index in [2.05, 4.69) is 0 Å². The van der Waals surface area contributed by atoms with E-state index in [0.29, 0.717) is 25.4 Å². The standard InChI is InChI=1S/C17H19NO5S.C15H23NO4S/c1-3-18(12-13-4-8-15(23-2)9-5-13)24(21,22)16-10-6-14(7-11-16)17(19)20;1-11(2)9-16(10-12(3)4)21(19,20)14-7-5-13(6-8-14)15(17)18/h4-11H,3,12H2,1-2H3,(H,19,20);5-8,11-12H,9-10H2,1-4H3,(H,17,18). The largest absolute Gasteiger partial charge is 0.497 e. The molecule has 0 aliphatic rings. The molecule has 0 unspecified atom stereocenters. The van der Waals surface area contributed by atoms with Crippen LogP contribution in [0.15, 0.2) is 82.6 Å². The number of carboxylic acid groups (broad SMARTS) is 2. The summed E-state index contributed by atoms with van der Waals surface area (Å²) in [5.74, 6) is -1.02. The SMILES string of the molecule is CC(C)CN(CC(C)C)S(=O)(=O)c1ccc(C(=O)O)cc1.CCN(Cc1ccc(OC)cc1)S(=O)(=O)c1ccc(C(=O)O)cc1.